The normalized spacial score (nSPS) is 11.7. The van der Waals surface area contributed by atoms with Gasteiger partial charge in [-0.15, -0.1) is 0 Å². The SMILES string of the molecule is Cc1c(Cl)cccc1NC(=O)COc1ccc(S(=O)(=O)Nc2cccc(C(F)(F)F)c2)cc1Cl. The Morgan fingerprint density at radius 1 is 1.00 bits per heavy atom. The van der Waals surface area contributed by atoms with Gasteiger partial charge in [0.2, 0.25) is 0 Å². The summed E-state index contributed by atoms with van der Waals surface area (Å²) in [6.07, 6.45) is -4.62. The smallest absolute Gasteiger partial charge is 0.416 e. The van der Waals surface area contributed by atoms with Crippen molar-refractivity contribution in [2.24, 2.45) is 0 Å². The molecule has 0 aliphatic carbocycles. The van der Waals surface area contributed by atoms with Crippen LogP contribution in [0.3, 0.4) is 0 Å². The second-order valence-corrected chi connectivity index (χ2v) is 9.52. The molecule has 0 saturated carbocycles. The Morgan fingerprint density at radius 2 is 1.71 bits per heavy atom. The molecular weight excluding hydrogens is 516 g/mol. The number of amides is 1. The lowest BCUT2D eigenvalue weighted by Gasteiger charge is -2.13. The molecule has 0 fully saturated rings. The van der Waals surface area contributed by atoms with Gasteiger partial charge in [-0.2, -0.15) is 13.2 Å². The van der Waals surface area contributed by atoms with Crippen molar-refractivity contribution in [2.75, 3.05) is 16.6 Å². The number of nitrogens with one attached hydrogen (secondary N) is 2. The molecular formula is C22H17Cl2F3N2O4S. The maximum Gasteiger partial charge on any atom is 0.416 e. The molecule has 2 N–H and O–H groups in total. The number of ether oxygens (including phenoxy) is 1. The average Bonchev–Trinajstić information content (AvgIpc) is 2.75. The lowest BCUT2D eigenvalue weighted by Crippen LogP contribution is -2.21. The summed E-state index contributed by atoms with van der Waals surface area (Å²) in [5.41, 5.74) is -0.0762. The number of sulfonamides is 1. The molecule has 1 amide bonds. The summed E-state index contributed by atoms with van der Waals surface area (Å²) in [6.45, 7) is 1.32. The van der Waals surface area contributed by atoms with Gasteiger partial charge >= 0.3 is 6.18 Å². The molecule has 0 aliphatic heterocycles. The third-order valence-corrected chi connectivity index (χ3v) is 6.64. The number of alkyl halides is 3. The van der Waals surface area contributed by atoms with E-state index in [1.807, 2.05) is 0 Å². The first-order chi connectivity index (χ1) is 15.9. The van der Waals surface area contributed by atoms with Crippen LogP contribution in [-0.4, -0.2) is 20.9 Å². The Morgan fingerprint density at radius 3 is 2.38 bits per heavy atom. The van der Waals surface area contributed by atoms with Crippen LogP contribution in [0.2, 0.25) is 10.0 Å². The van der Waals surface area contributed by atoms with Crippen molar-refractivity contribution in [1.82, 2.24) is 0 Å². The maximum atomic E-state index is 12.9. The minimum Gasteiger partial charge on any atom is -0.482 e. The van der Waals surface area contributed by atoms with Gasteiger partial charge in [-0.05, 0) is 61.0 Å². The van der Waals surface area contributed by atoms with Crippen LogP contribution in [0, 0.1) is 6.92 Å². The lowest BCUT2D eigenvalue weighted by atomic mass is 10.2. The number of anilines is 2. The van der Waals surface area contributed by atoms with E-state index in [0.717, 1.165) is 24.3 Å². The van der Waals surface area contributed by atoms with Crippen LogP contribution in [0.4, 0.5) is 24.5 Å². The fourth-order valence-electron chi connectivity index (χ4n) is 2.81. The fraction of sp³-hybridized carbons (Fsp3) is 0.136. The first-order valence-electron chi connectivity index (χ1n) is 9.54. The molecule has 0 spiro atoms. The molecule has 3 rings (SSSR count). The summed E-state index contributed by atoms with van der Waals surface area (Å²) in [7, 11) is -4.24. The van der Waals surface area contributed by atoms with Crippen molar-refractivity contribution < 1.29 is 31.1 Å². The number of carbonyl (C=O) groups excluding carboxylic acids is 1. The summed E-state index contributed by atoms with van der Waals surface area (Å²) < 4.78 is 71.2. The van der Waals surface area contributed by atoms with E-state index in [0.29, 0.717) is 22.3 Å². The zero-order valence-electron chi connectivity index (χ0n) is 17.4. The highest BCUT2D eigenvalue weighted by Gasteiger charge is 2.30. The van der Waals surface area contributed by atoms with E-state index in [4.69, 9.17) is 27.9 Å². The molecule has 12 heteroatoms. The van der Waals surface area contributed by atoms with Gasteiger partial charge in [0.1, 0.15) is 5.75 Å². The number of rotatable bonds is 7. The Bertz CT molecular complexity index is 1330. The summed E-state index contributed by atoms with van der Waals surface area (Å²) in [4.78, 5) is 11.9. The van der Waals surface area contributed by atoms with E-state index in [9.17, 15) is 26.4 Å². The summed E-state index contributed by atoms with van der Waals surface area (Å²) in [5.74, 6) is -0.456. The third kappa shape index (κ3) is 6.34. The van der Waals surface area contributed by atoms with Gasteiger partial charge in [-0.25, -0.2) is 8.42 Å². The van der Waals surface area contributed by atoms with Crippen molar-refractivity contribution >= 4 is 50.5 Å². The van der Waals surface area contributed by atoms with E-state index in [-0.39, 0.29) is 21.4 Å². The number of hydrogen-bond acceptors (Lipinski definition) is 4. The molecule has 0 aliphatic rings. The summed E-state index contributed by atoms with van der Waals surface area (Å²) in [6, 6.07) is 12.2. The van der Waals surface area contributed by atoms with Crippen LogP contribution >= 0.6 is 23.2 Å². The van der Waals surface area contributed by atoms with Crippen LogP contribution in [0.1, 0.15) is 11.1 Å². The van der Waals surface area contributed by atoms with Gasteiger partial charge in [0.25, 0.3) is 15.9 Å². The van der Waals surface area contributed by atoms with E-state index >= 15 is 0 Å². The van der Waals surface area contributed by atoms with Crippen LogP contribution in [-0.2, 0) is 21.0 Å². The molecule has 3 aromatic rings. The number of hydrogen-bond donors (Lipinski definition) is 2. The molecule has 0 saturated heterocycles. The van der Waals surface area contributed by atoms with Crippen molar-refractivity contribution in [1.29, 1.82) is 0 Å². The van der Waals surface area contributed by atoms with Crippen molar-refractivity contribution in [2.45, 2.75) is 18.0 Å². The van der Waals surface area contributed by atoms with Crippen molar-refractivity contribution in [3.63, 3.8) is 0 Å². The number of benzene rings is 3. The highest BCUT2D eigenvalue weighted by molar-refractivity contribution is 7.92. The zero-order chi connectivity index (χ0) is 25.1. The number of carbonyl (C=O) groups is 1. The maximum absolute atomic E-state index is 12.9. The van der Waals surface area contributed by atoms with Gasteiger partial charge in [-0.1, -0.05) is 35.3 Å². The Hall–Kier alpha value is -2.95. The quantitative estimate of drug-likeness (QED) is 0.382. The summed E-state index contributed by atoms with van der Waals surface area (Å²) in [5, 5.41) is 3.01. The predicted molar refractivity (Wildman–Crippen MR) is 124 cm³/mol. The Kier molecular flexibility index (Phi) is 7.64. The van der Waals surface area contributed by atoms with Crippen LogP contribution in [0.15, 0.2) is 65.6 Å². The topological polar surface area (TPSA) is 84.5 Å². The van der Waals surface area contributed by atoms with E-state index in [1.165, 1.54) is 12.1 Å². The monoisotopic (exact) mass is 532 g/mol. The minimum absolute atomic E-state index is 0.0395. The van der Waals surface area contributed by atoms with E-state index in [1.54, 1.807) is 25.1 Å². The molecule has 0 aromatic heterocycles. The molecule has 0 radical (unpaired) electrons. The van der Waals surface area contributed by atoms with Crippen LogP contribution in [0.5, 0.6) is 5.75 Å². The van der Waals surface area contributed by atoms with E-state index in [2.05, 4.69) is 10.0 Å². The van der Waals surface area contributed by atoms with Gasteiger partial charge in [0.05, 0.1) is 15.5 Å². The average molecular weight is 533 g/mol. The van der Waals surface area contributed by atoms with E-state index < -0.39 is 34.3 Å². The second-order valence-electron chi connectivity index (χ2n) is 7.03. The molecule has 0 unspecified atom stereocenters. The van der Waals surface area contributed by atoms with Gasteiger partial charge in [0, 0.05) is 16.4 Å². The van der Waals surface area contributed by atoms with Crippen LogP contribution in [0.25, 0.3) is 0 Å². The molecule has 34 heavy (non-hydrogen) atoms. The highest BCUT2D eigenvalue weighted by atomic mass is 35.5. The molecule has 0 atom stereocenters. The van der Waals surface area contributed by atoms with Gasteiger partial charge in [0.15, 0.2) is 6.61 Å². The first-order valence-corrected chi connectivity index (χ1v) is 11.8. The molecule has 180 valence electrons. The lowest BCUT2D eigenvalue weighted by molar-refractivity contribution is -0.137. The largest absolute Gasteiger partial charge is 0.482 e. The minimum atomic E-state index is -4.62. The molecule has 6 nitrogen and oxygen atoms in total. The Labute approximate surface area is 203 Å². The zero-order valence-corrected chi connectivity index (χ0v) is 19.7. The number of halogens is 5. The fourth-order valence-corrected chi connectivity index (χ4v) is 4.36. The Balaban J connectivity index is 1.68. The predicted octanol–water partition coefficient (Wildman–Crippen LogP) is 6.14. The van der Waals surface area contributed by atoms with Gasteiger partial charge < -0.3 is 10.1 Å². The first kappa shape index (κ1) is 25.7. The standard InChI is InChI=1S/C22H17Cl2F3N2O4S/c1-13-17(23)6-3-7-19(13)28-21(30)12-33-20-9-8-16(11-18(20)24)34(31,32)29-15-5-2-4-14(10-15)22(25,26)27/h2-11,29H,12H2,1H3,(H,28,30). The third-order valence-electron chi connectivity index (χ3n) is 4.56. The molecule has 3 aromatic carbocycles. The second kappa shape index (κ2) is 10.1. The van der Waals surface area contributed by atoms with Crippen molar-refractivity contribution in [3.05, 3.63) is 81.8 Å². The molecule has 0 bridgehead atoms. The molecule has 0 heterocycles. The van der Waals surface area contributed by atoms with Crippen LogP contribution < -0.4 is 14.8 Å². The van der Waals surface area contributed by atoms with Gasteiger partial charge in [-0.3, -0.25) is 9.52 Å². The van der Waals surface area contributed by atoms with Crippen molar-refractivity contribution in [3.8, 4) is 5.75 Å². The summed E-state index contributed by atoms with van der Waals surface area (Å²) >= 11 is 12.1. The highest BCUT2D eigenvalue weighted by Crippen LogP contribution is 2.32.